The first-order valence-corrected chi connectivity index (χ1v) is 7.96. The first-order chi connectivity index (χ1) is 10.1. The highest BCUT2D eigenvalue weighted by molar-refractivity contribution is 9.10. The third-order valence-electron chi connectivity index (χ3n) is 4.23. The third-order valence-corrected chi connectivity index (χ3v) is 4.92. The van der Waals surface area contributed by atoms with E-state index in [-0.39, 0.29) is 0 Å². The average molecular weight is 349 g/mol. The van der Waals surface area contributed by atoms with E-state index in [2.05, 4.69) is 26.2 Å². The van der Waals surface area contributed by atoms with Gasteiger partial charge in [0.05, 0.1) is 0 Å². The third kappa shape index (κ3) is 2.62. The largest absolute Gasteiger partial charge is 0.480 e. The number of anilines is 1. The molecule has 0 aliphatic heterocycles. The summed E-state index contributed by atoms with van der Waals surface area (Å²) in [6.45, 7) is 0. The molecule has 2 N–H and O–H groups in total. The number of aromatic nitrogens is 1. The van der Waals surface area contributed by atoms with Gasteiger partial charge in [-0.3, -0.25) is 0 Å². The fourth-order valence-corrected chi connectivity index (χ4v) is 3.54. The molecule has 1 heterocycles. The van der Waals surface area contributed by atoms with E-state index in [9.17, 15) is 9.90 Å². The number of hydrogen-bond acceptors (Lipinski definition) is 3. The Labute approximate surface area is 131 Å². The van der Waals surface area contributed by atoms with E-state index >= 15 is 0 Å². The summed E-state index contributed by atoms with van der Waals surface area (Å²) >= 11 is 3.53. The van der Waals surface area contributed by atoms with Gasteiger partial charge in [-0.2, -0.15) is 0 Å². The van der Waals surface area contributed by atoms with Crippen LogP contribution in [0.4, 0.5) is 5.82 Å². The van der Waals surface area contributed by atoms with Crippen molar-refractivity contribution in [2.75, 3.05) is 5.32 Å². The van der Waals surface area contributed by atoms with E-state index in [1.165, 1.54) is 0 Å². The molecule has 110 valence electrons. The van der Waals surface area contributed by atoms with E-state index in [0.717, 1.165) is 34.5 Å². The number of carboxylic acids is 1. The maximum Gasteiger partial charge on any atom is 0.329 e. The summed E-state index contributed by atoms with van der Waals surface area (Å²) in [7, 11) is 0. The van der Waals surface area contributed by atoms with E-state index in [1.54, 1.807) is 6.20 Å². The van der Waals surface area contributed by atoms with Crippen LogP contribution < -0.4 is 5.32 Å². The molecule has 0 bridgehead atoms. The van der Waals surface area contributed by atoms with Crippen molar-refractivity contribution < 1.29 is 9.90 Å². The summed E-state index contributed by atoms with van der Waals surface area (Å²) in [5, 5.41) is 14.9. The number of halogens is 1. The summed E-state index contributed by atoms with van der Waals surface area (Å²) in [4.78, 5) is 16.2. The van der Waals surface area contributed by atoms with Crippen LogP contribution in [0, 0.1) is 0 Å². The lowest BCUT2D eigenvalue weighted by Gasteiger charge is -2.34. The van der Waals surface area contributed by atoms with Crippen molar-refractivity contribution in [3.8, 4) is 0 Å². The number of carbonyl (C=O) groups is 1. The van der Waals surface area contributed by atoms with E-state index in [1.807, 2.05) is 24.3 Å². The molecule has 1 aliphatic rings. The minimum atomic E-state index is -0.887. The summed E-state index contributed by atoms with van der Waals surface area (Å²) in [6, 6.07) is 7.81. The zero-order valence-corrected chi connectivity index (χ0v) is 13.2. The van der Waals surface area contributed by atoms with Gasteiger partial charge in [-0.25, -0.2) is 9.78 Å². The minimum absolute atomic E-state index is 0.647. The van der Waals surface area contributed by atoms with Crippen molar-refractivity contribution in [1.29, 1.82) is 0 Å². The van der Waals surface area contributed by atoms with Crippen LogP contribution in [-0.4, -0.2) is 21.6 Å². The fourth-order valence-electron chi connectivity index (χ4n) is 3.04. The molecule has 0 radical (unpaired) electrons. The van der Waals surface area contributed by atoms with E-state index in [0.29, 0.717) is 18.7 Å². The number of aliphatic carboxylic acids is 1. The summed E-state index contributed by atoms with van der Waals surface area (Å²) in [5.41, 5.74) is -0.887. The monoisotopic (exact) mass is 348 g/mol. The standard InChI is InChI=1S/C16H17BrN2O2/c17-13-6-4-5-12-11(13)7-10-18-14(12)19-16(15(20)21)8-2-1-3-9-16/h4-7,10H,1-3,8-9H2,(H,18,19)(H,20,21). The molecule has 2 aromatic rings. The zero-order chi connectivity index (χ0) is 14.9. The smallest absolute Gasteiger partial charge is 0.329 e. The van der Waals surface area contributed by atoms with Crippen molar-refractivity contribution in [1.82, 2.24) is 4.98 Å². The van der Waals surface area contributed by atoms with Crippen molar-refractivity contribution >= 4 is 38.5 Å². The summed E-state index contributed by atoms with van der Waals surface area (Å²) in [5.74, 6) is -0.130. The Morgan fingerprint density at radius 2 is 1.95 bits per heavy atom. The SMILES string of the molecule is O=C(O)C1(Nc2nccc3c(Br)cccc23)CCCCC1. The van der Waals surface area contributed by atoms with Gasteiger partial charge < -0.3 is 10.4 Å². The molecule has 1 saturated carbocycles. The Balaban J connectivity index is 2.04. The molecule has 5 heteroatoms. The number of benzene rings is 1. The van der Waals surface area contributed by atoms with E-state index in [4.69, 9.17) is 0 Å². The summed E-state index contributed by atoms with van der Waals surface area (Å²) in [6.07, 6.45) is 5.99. The fraction of sp³-hybridized carbons (Fsp3) is 0.375. The van der Waals surface area contributed by atoms with Gasteiger partial charge >= 0.3 is 5.97 Å². The minimum Gasteiger partial charge on any atom is -0.480 e. The van der Waals surface area contributed by atoms with Gasteiger partial charge in [0.1, 0.15) is 11.4 Å². The maximum absolute atomic E-state index is 11.8. The van der Waals surface area contributed by atoms with Gasteiger partial charge in [-0.15, -0.1) is 0 Å². The second kappa shape index (κ2) is 5.64. The first-order valence-electron chi connectivity index (χ1n) is 7.17. The zero-order valence-electron chi connectivity index (χ0n) is 11.6. The van der Waals surface area contributed by atoms with Crippen LogP contribution in [-0.2, 0) is 4.79 Å². The molecule has 4 nitrogen and oxygen atoms in total. The molecule has 1 aliphatic carbocycles. The lowest BCUT2D eigenvalue weighted by molar-refractivity contribution is -0.143. The number of carboxylic acid groups (broad SMARTS) is 1. The topological polar surface area (TPSA) is 62.2 Å². The Hall–Kier alpha value is -1.62. The van der Waals surface area contributed by atoms with Crippen LogP contribution in [0.3, 0.4) is 0 Å². The Bertz CT molecular complexity index is 681. The molecule has 1 aromatic heterocycles. The second-order valence-corrected chi connectivity index (χ2v) is 6.42. The van der Waals surface area contributed by atoms with E-state index < -0.39 is 11.5 Å². The normalized spacial score (nSPS) is 17.6. The van der Waals surface area contributed by atoms with Gasteiger partial charge in [0.2, 0.25) is 0 Å². The van der Waals surface area contributed by atoms with Crippen molar-refractivity contribution in [3.05, 3.63) is 34.9 Å². The Kier molecular flexibility index (Phi) is 3.85. The van der Waals surface area contributed by atoms with Crippen LogP contribution >= 0.6 is 15.9 Å². The molecule has 0 saturated heterocycles. The van der Waals surface area contributed by atoms with Crippen molar-refractivity contribution in [2.45, 2.75) is 37.6 Å². The van der Waals surface area contributed by atoms with Crippen LogP contribution in [0.2, 0.25) is 0 Å². The van der Waals surface area contributed by atoms with Crippen molar-refractivity contribution in [2.24, 2.45) is 0 Å². The highest BCUT2D eigenvalue weighted by atomic mass is 79.9. The quantitative estimate of drug-likeness (QED) is 0.872. The lowest BCUT2D eigenvalue weighted by atomic mass is 9.81. The first kappa shape index (κ1) is 14.3. The van der Waals surface area contributed by atoms with Crippen molar-refractivity contribution in [3.63, 3.8) is 0 Å². The van der Waals surface area contributed by atoms with Gasteiger partial charge in [0, 0.05) is 21.4 Å². The lowest BCUT2D eigenvalue weighted by Crippen LogP contribution is -2.48. The predicted octanol–water partition coefficient (Wildman–Crippen LogP) is 4.20. The Morgan fingerprint density at radius 3 is 2.67 bits per heavy atom. The number of fused-ring (bicyclic) bond motifs is 1. The highest BCUT2D eigenvalue weighted by Crippen LogP contribution is 2.34. The molecule has 0 spiro atoms. The number of nitrogens with zero attached hydrogens (tertiary/aromatic N) is 1. The Morgan fingerprint density at radius 1 is 1.19 bits per heavy atom. The molecule has 1 fully saturated rings. The summed E-state index contributed by atoms with van der Waals surface area (Å²) < 4.78 is 0.985. The molecular weight excluding hydrogens is 332 g/mol. The molecule has 0 amide bonds. The molecular formula is C16H17BrN2O2. The molecule has 3 rings (SSSR count). The van der Waals surface area contributed by atoms with Crippen LogP contribution in [0.25, 0.3) is 10.8 Å². The number of nitrogens with one attached hydrogen (secondary N) is 1. The highest BCUT2D eigenvalue weighted by Gasteiger charge is 2.40. The van der Waals surface area contributed by atoms with Gasteiger partial charge in [-0.05, 0) is 25.0 Å². The molecule has 0 unspecified atom stereocenters. The van der Waals surface area contributed by atoms with Gasteiger partial charge in [0.15, 0.2) is 0 Å². The molecule has 1 aromatic carbocycles. The van der Waals surface area contributed by atoms with Gasteiger partial charge in [-0.1, -0.05) is 47.3 Å². The average Bonchev–Trinajstić information content (AvgIpc) is 2.49. The van der Waals surface area contributed by atoms with Crippen LogP contribution in [0.1, 0.15) is 32.1 Å². The number of hydrogen-bond donors (Lipinski definition) is 2. The molecule has 21 heavy (non-hydrogen) atoms. The van der Waals surface area contributed by atoms with Gasteiger partial charge in [0.25, 0.3) is 0 Å². The van der Waals surface area contributed by atoms with Crippen LogP contribution in [0.15, 0.2) is 34.9 Å². The number of rotatable bonds is 3. The second-order valence-electron chi connectivity index (χ2n) is 5.57. The predicted molar refractivity (Wildman–Crippen MR) is 86.5 cm³/mol. The van der Waals surface area contributed by atoms with Crippen LogP contribution in [0.5, 0.6) is 0 Å². The number of pyridine rings is 1. The molecule has 0 atom stereocenters. The maximum atomic E-state index is 11.8.